The van der Waals surface area contributed by atoms with E-state index < -0.39 is 17.0 Å². The summed E-state index contributed by atoms with van der Waals surface area (Å²) in [5.74, 6) is -1.57. The summed E-state index contributed by atoms with van der Waals surface area (Å²) in [5, 5.41) is 2.89. The quantitative estimate of drug-likeness (QED) is 0.774. The molecule has 0 bridgehead atoms. The van der Waals surface area contributed by atoms with E-state index in [1.807, 2.05) is 0 Å². The minimum absolute atomic E-state index is 0.140. The van der Waals surface area contributed by atoms with Crippen molar-refractivity contribution in [3.63, 3.8) is 0 Å². The van der Waals surface area contributed by atoms with E-state index in [1.54, 1.807) is 0 Å². The van der Waals surface area contributed by atoms with E-state index in [-0.39, 0.29) is 17.9 Å². The van der Waals surface area contributed by atoms with E-state index >= 15 is 0 Å². The molecule has 1 aromatic rings. The predicted octanol–water partition coefficient (Wildman–Crippen LogP) is 2.45. The lowest BCUT2D eigenvalue weighted by molar-refractivity contribution is -0.123. The van der Waals surface area contributed by atoms with Gasteiger partial charge in [-0.25, -0.2) is 8.78 Å². The number of nitrogens with one attached hydrogen (secondary N) is 1. The molecule has 1 amide bonds. The molecule has 0 aliphatic heterocycles. The number of carbonyl (C=O) groups excluding carboxylic acids is 2. The van der Waals surface area contributed by atoms with Crippen molar-refractivity contribution >= 4 is 12.2 Å². The standard InChI is InChI=1S/C19H24F2N2O2/c20-15-6-5-14(9-16(15)21)19(7-8-19)18(25)23-10-17(22)13-3-1-12(11-24)2-4-13/h5-6,9,11-13,17H,1-4,7-8,10,22H2,(H,23,25). The molecule has 0 saturated heterocycles. The Bertz CT molecular complexity index is 653. The highest BCUT2D eigenvalue weighted by Crippen LogP contribution is 2.48. The van der Waals surface area contributed by atoms with Crippen LogP contribution < -0.4 is 11.1 Å². The van der Waals surface area contributed by atoms with Gasteiger partial charge in [-0.05, 0) is 62.1 Å². The molecule has 0 heterocycles. The van der Waals surface area contributed by atoms with Crippen molar-refractivity contribution in [2.24, 2.45) is 17.6 Å². The maximum Gasteiger partial charge on any atom is 0.230 e. The second-order valence-corrected chi connectivity index (χ2v) is 7.40. The van der Waals surface area contributed by atoms with Crippen molar-refractivity contribution in [2.75, 3.05) is 6.54 Å². The lowest BCUT2D eigenvalue weighted by atomic mass is 9.79. The number of aldehydes is 1. The van der Waals surface area contributed by atoms with Gasteiger partial charge in [0.05, 0.1) is 5.41 Å². The van der Waals surface area contributed by atoms with Crippen LogP contribution in [0, 0.1) is 23.5 Å². The fourth-order valence-electron chi connectivity index (χ4n) is 3.82. The van der Waals surface area contributed by atoms with Gasteiger partial charge in [0.2, 0.25) is 5.91 Å². The Kier molecular flexibility index (Phi) is 5.18. The van der Waals surface area contributed by atoms with Crippen LogP contribution in [0.2, 0.25) is 0 Å². The number of hydrogen-bond acceptors (Lipinski definition) is 3. The van der Waals surface area contributed by atoms with E-state index in [2.05, 4.69) is 5.32 Å². The second kappa shape index (κ2) is 7.20. The summed E-state index contributed by atoms with van der Waals surface area (Å²) in [4.78, 5) is 23.4. The Hall–Kier alpha value is -1.82. The van der Waals surface area contributed by atoms with Crippen molar-refractivity contribution in [3.05, 3.63) is 35.4 Å². The molecular weight excluding hydrogens is 326 g/mol. The molecule has 4 nitrogen and oxygen atoms in total. The van der Waals surface area contributed by atoms with Crippen LogP contribution in [-0.4, -0.2) is 24.8 Å². The first-order valence-electron chi connectivity index (χ1n) is 8.91. The average molecular weight is 350 g/mol. The molecule has 1 atom stereocenters. The third-order valence-electron chi connectivity index (χ3n) is 5.77. The summed E-state index contributed by atoms with van der Waals surface area (Å²) >= 11 is 0. The van der Waals surface area contributed by atoms with Gasteiger partial charge in [-0.1, -0.05) is 6.07 Å². The third kappa shape index (κ3) is 3.73. The van der Waals surface area contributed by atoms with Gasteiger partial charge in [0, 0.05) is 18.5 Å². The lowest BCUT2D eigenvalue weighted by Gasteiger charge is -2.30. The molecule has 2 fully saturated rings. The van der Waals surface area contributed by atoms with Crippen LogP contribution in [0.3, 0.4) is 0 Å². The van der Waals surface area contributed by atoms with Gasteiger partial charge in [-0.15, -0.1) is 0 Å². The van der Waals surface area contributed by atoms with E-state index in [4.69, 9.17) is 5.73 Å². The fraction of sp³-hybridized carbons (Fsp3) is 0.579. The number of carbonyl (C=O) groups is 2. The van der Waals surface area contributed by atoms with Gasteiger partial charge in [0.1, 0.15) is 6.29 Å². The molecular formula is C19H24F2N2O2. The van der Waals surface area contributed by atoms with Gasteiger partial charge in [-0.2, -0.15) is 0 Å². The number of hydrogen-bond donors (Lipinski definition) is 2. The smallest absolute Gasteiger partial charge is 0.230 e. The van der Waals surface area contributed by atoms with Gasteiger partial charge in [-0.3, -0.25) is 4.79 Å². The second-order valence-electron chi connectivity index (χ2n) is 7.40. The number of rotatable bonds is 6. The van der Waals surface area contributed by atoms with Crippen molar-refractivity contribution in [1.82, 2.24) is 5.32 Å². The predicted molar refractivity (Wildman–Crippen MR) is 89.8 cm³/mol. The van der Waals surface area contributed by atoms with Crippen molar-refractivity contribution in [2.45, 2.75) is 50.0 Å². The fourth-order valence-corrected chi connectivity index (χ4v) is 3.82. The van der Waals surface area contributed by atoms with Gasteiger partial charge < -0.3 is 15.8 Å². The number of halogens is 2. The summed E-state index contributed by atoms with van der Waals surface area (Å²) in [7, 11) is 0. The molecule has 3 rings (SSSR count). The summed E-state index contributed by atoms with van der Waals surface area (Å²) in [6.07, 6.45) is 5.78. The van der Waals surface area contributed by atoms with Gasteiger partial charge >= 0.3 is 0 Å². The maximum absolute atomic E-state index is 13.5. The van der Waals surface area contributed by atoms with E-state index in [9.17, 15) is 18.4 Å². The Morgan fingerprint density at radius 3 is 2.48 bits per heavy atom. The molecule has 1 aromatic carbocycles. The Balaban J connectivity index is 1.55. The topological polar surface area (TPSA) is 72.2 Å². The zero-order chi connectivity index (χ0) is 18.0. The molecule has 6 heteroatoms. The van der Waals surface area contributed by atoms with Crippen LogP contribution in [0.15, 0.2) is 18.2 Å². The van der Waals surface area contributed by atoms with Gasteiger partial charge in [0.25, 0.3) is 0 Å². The average Bonchev–Trinajstić information content (AvgIpc) is 3.43. The van der Waals surface area contributed by atoms with Crippen LogP contribution >= 0.6 is 0 Å². The molecule has 136 valence electrons. The Morgan fingerprint density at radius 1 is 1.24 bits per heavy atom. The normalized spacial score (nSPS) is 25.9. The SMILES string of the molecule is NC(CNC(=O)C1(c2ccc(F)c(F)c2)CC1)C1CCC(C=O)CC1. The van der Waals surface area contributed by atoms with Crippen molar-refractivity contribution < 1.29 is 18.4 Å². The zero-order valence-electron chi connectivity index (χ0n) is 14.1. The highest BCUT2D eigenvalue weighted by Gasteiger charge is 2.51. The van der Waals surface area contributed by atoms with Crippen molar-refractivity contribution in [1.29, 1.82) is 0 Å². The van der Waals surface area contributed by atoms with E-state index in [0.29, 0.717) is 30.9 Å². The molecule has 0 spiro atoms. The van der Waals surface area contributed by atoms with Crippen LogP contribution in [0.4, 0.5) is 8.78 Å². The van der Waals surface area contributed by atoms with E-state index in [1.165, 1.54) is 6.07 Å². The van der Waals surface area contributed by atoms with Crippen LogP contribution in [0.25, 0.3) is 0 Å². The Morgan fingerprint density at radius 2 is 1.92 bits per heavy atom. The lowest BCUT2D eigenvalue weighted by Crippen LogP contribution is -2.46. The van der Waals surface area contributed by atoms with Crippen LogP contribution in [0.5, 0.6) is 0 Å². The largest absolute Gasteiger partial charge is 0.354 e. The molecule has 3 N–H and O–H groups in total. The first-order chi connectivity index (χ1) is 12.0. The minimum Gasteiger partial charge on any atom is -0.354 e. The molecule has 0 aromatic heterocycles. The van der Waals surface area contributed by atoms with Crippen LogP contribution in [-0.2, 0) is 15.0 Å². The van der Waals surface area contributed by atoms with E-state index in [0.717, 1.165) is 44.1 Å². The molecule has 2 saturated carbocycles. The summed E-state index contributed by atoms with van der Waals surface area (Å²) in [6.45, 7) is 0.362. The highest BCUT2D eigenvalue weighted by molar-refractivity contribution is 5.91. The maximum atomic E-state index is 13.5. The number of benzene rings is 1. The van der Waals surface area contributed by atoms with Gasteiger partial charge in [0.15, 0.2) is 11.6 Å². The first kappa shape index (κ1) is 18.0. The van der Waals surface area contributed by atoms with Crippen LogP contribution in [0.1, 0.15) is 44.1 Å². The monoisotopic (exact) mass is 350 g/mol. The molecule has 2 aliphatic rings. The molecule has 25 heavy (non-hydrogen) atoms. The minimum atomic E-state index is -0.930. The molecule has 0 radical (unpaired) electrons. The first-order valence-corrected chi connectivity index (χ1v) is 8.91. The number of amides is 1. The Labute approximate surface area is 146 Å². The zero-order valence-corrected chi connectivity index (χ0v) is 14.1. The summed E-state index contributed by atoms with van der Waals surface area (Å²) < 4.78 is 26.6. The summed E-state index contributed by atoms with van der Waals surface area (Å²) in [5.41, 5.74) is 5.99. The molecule has 2 aliphatic carbocycles. The molecule has 1 unspecified atom stereocenters. The third-order valence-corrected chi connectivity index (χ3v) is 5.77. The summed E-state index contributed by atoms with van der Waals surface area (Å²) in [6, 6.07) is 3.50. The number of nitrogens with two attached hydrogens (primary N) is 1. The van der Waals surface area contributed by atoms with Crippen molar-refractivity contribution in [3.8, 4) is 0 Å². The highest BCUT2D eigenvalue weighted by atomic mass is 19.2.